The number of rotatable bonds is 4. The first kappa shape index (κ1) is 29.9. The Labute approximate surface area is 281 Å². The summed E-state index contributed by atoms with van der Waals surface area (Å²) in [5.41, 5.74) is 8.69. The molecule has 8 aromatic rings. The third-order valence-electron chi connectivity index (χ3n) is 9.60. The molecule has 238 valence electrons. The predicted octanol–water partition coefficient (Wildman–Crippen LogP) is 10.9. The van der Waals surface area contributed by atoms with Crippen LogP contribution in [0, 0.1) is 0 Å². The summed E-state index contributed by atoms with van der Waals surface area (Å²) in [7, 11) is 1.72. The zero-order valence-corrected chi connectivity index (χ0v) is 28.7. The Bertz CT molecular complexity index is 2520. The Morgan fingerprint density at radius 3 is 1.71 bits per heavy atom. The summed E-state index contributed by atoms with van der Waals surface area (Å²) < 4.78 is 10.5. The van der Waals surface area contributed by atoms with Crippen LogP contribution in [0.3, 0.4) is 0 Å². The van der Waals surface area contributed by atoms with E-state index in [1.165, 1.54) is 32.7 Å². The van der Waals surface area contributed by atoms with Crippen LogP contribution in [-0.2, 0) is 10.8 Å². The smallest absolute Gasteiger partial charge is 0.138 e. The van der Waals surface area contributed by atoms with Crippen molar-refractivity contribution in [2.24, 2.45) is 0 Å². The van der Waals surface area contributed by atoms with Gasteiger partial charge in [-0.05, 0) is 82.6 Å². The van der Waals surface area contributed by atoms with Crippen LogP contribution < -0.4 is 4.74 Å². The summed E-state index contributed by atoms with van der Waals surface area (Å²) in [6.45, 7) is 13.5. The Kier molecular flexibility index (Phi) is 6.75. The minimum atomic E-state index is -0.101. The number of para-hydroxylation sites is 3. The minimum Gasteiger partial charge on any atom is -0.496 e. The van der Waals surface area contributed by atoms with Crippen LogP contribution in [0.25, 0.3) is 66.5 Å². The lowest BCUT2D eigenvalue weighted by Crippen LogP contribution is -2.13. The molecule has 0 N–H and O–H groups in total. The highest BCUT2D eigenvalue weighted by molar-refractivity contribution is 6.19. The van der Waals surface area contributed by atoms with Crippen LogP contribution in [-0.4, -0.2) is 26.2 Å². The third kappa shape index (κ3) is 4.76. The molecule has 8 rings (SSSR count). The van der Waals surface area contributed by atoms with Crippen LogP contribution in [0.2, 0.25) is 0 Å². The first-order valence-electron chi connectivity index (χ1n) is 16.6. The van der Waals surface area contributed by atoms with Gasteiger partial charge in [-0.15, -0.1) is 0 Å². The van der Waals surface area contributed by atoms with Crippen LogP contribution in [0.5, 0.6) is 5.75 Å². The summed E-state index contributed by atoms with van der Waals surface area (Å²) in [6.07, 6.45) is 1.94. The summed E-state index contributed by atoms with van der Waals surface area (Å²) in [5.74, 6) is 2.60. The molecule has 0 fully saturated rings. The van der Waals surface area contributed by atoms with E-state index in [4.69, 9.17) is 14.7 Å². The molecule has 4 aromatic carbocycles. The largest absolute Gasteiger partial charge is 0.496 e. The second-order valence-corrected chi connectivity index (χ2v) is 14.8. The van der Waals surface area contributed by atoms with Gasteiger partial charge in [0.05, 0.1) is 34.9 Å². The van der Waals surface area contributed by atoms with Crippen molar-refractivity contribution in [2.75, 3.05) is 7.11 Å². The molecular formula is C43H40N4O. The van der Waals surface area contributed by atoms with Gasteiger partial charge >= 0.3 is 0 Å². The zero-order chi connectivity index (χ0) is 33.4. The molecule has 0 amide bonds. The highest BCUT2D eigenvalue weighted by Crippen LogP contribution is 2.41. The van der Waals surface area contributed by atoms with Crippen LogP contribution in [0.15, 0.2) is 115 Å². The SMILES string of the molecule is COc1ccccc1-c1cc(C(C)(C)C)cc(-n2c3ccccc3c3cc4c5ccccc5n(-c5cc(C(C)(C)C)ccn5)c4cc32)n1. The van der Waals surface area contributed by atoms with Gasteiger partial charge in [0.15, 0.2) is 0 Å². The predicted molar refractivity (Wildman–Crippen MR) is 200 cm³/mol. The van der Waals surface area contributed by atoms with E-state index in [1.54, 1.807) is 7.11 Å². The maximum atomic E-state index is 5.80. The number of hydrogen-bond donors (Lipinski definition) is 0. The first-order valence-corrected chi connectivity index (χ1v) is 16.6. The number of ether oxygens (including phenoxy) is 1. The lowest BCUT2D eigenvalue weighted by atomic mass is 9.86. The molecule has 0 spiro atoms. The van der Waals surface area contributed by atoms with Gasteiger partial charge in [-0.1, -0.05) is 90.1 Å². The van der Waals surface area contributed by atoms with E-state index in [1.807, 2.05) is 24.4 Å². The molecular weight excluding hydrogens is 589 g/mol. The van der Waals surface area contributed by atoms with E-state index in [0.29, 0.717) is 0 Å². The zero-order valence-electron chi connectivity index (χ0n) is 28.7. The maximum Gasteiger partial charge on any atom is 0.138 e. The lowest BCUT2D eigenvalue weighted by Gasteiger charge is -2.22. The van der Waals surface area contributed by atoms with E-state index in [0.717, 1.165) is 50.7 Å². The van der Waals surface area contributed by atoms with Crippen molar-refractivity contribution in [3.63, 3.8) is 0 Å². The van der Waals surface area contributed by atoms with E-state index in [2.05, 4.69) is 142 Å². The summed E-state index contributed by atoms with van der Waals surface area (Å²) >= 11 is 0. The van der Waals surface area contributed by atoms with Crippen molar-refractivity contribution < 1.29 is 4.74 Å². The average molecular weight is 629 g/mol. The number of benzene rings is 4. The molecule has 0 saturated carbocycles. The molecule has 0 radical (unpaired) electrons. The third-order valence-corrected chi connectivity index (χ3v) is 9.60. The molecule has 4 heterocycles. The molecule has 0 unspecified atom stereocenters. The normalized spacial score (nSPS) is 12.5. The van der Waals surface area contributed by atoms with Gasteiger partial charge in [-0.25, -0.2) is 9.97 Å². The van der Waals surface area contributed by atoms with E-state index in [9.17, 15) is 0 Å². The highest BCUT2D eigenvalue weighted by Gasteiger charge is 2.23. The number of pyridine rings is 2. The Morgan fingerprint density at radius 2 is 1.08 bits per heavy atom. The molecule has 48 heavy (non-hydrogen) atoms. The summed E-state index contributed by atoms with van der Waals surface area (Å²) in [5, 5.41) is 4.80. The fourth-order valence-corrected chi connectivity index (χ4v) is 6.99. The van der Waals surface area contributed by atoms with Crippen molar-refractivity contribution in [1.82, 2.24) is 19.1 Å². The topological polar surface area (TPSA) is 44.9 Å². The molecule has 5 heteroatoms. The van der Waals surface area contributed by atoms with Crippen molar-refractivity contribution >= 4 is 43.6 Å². The number of hydrogen-bond acceptors (Lipinski definition) is 3. The van der Waals surface area contributed by atoms with Gasteiger partial charge in [-0.2, -0.15) is 0 Å². The second-order valence-electron chi connectivity index (χ2n) is 14.8. The minimum absolute atomic E-state index is 0.000969. The van der Waals surface area contributed by atoms with Crippen molar-refractivity contribution in [3.05, 3.63) is 127 Å². The van der Waals surface area contributed by atoms with Crippen molar-refractivity contribution in [1.29, 1.82) is 0 Å². The maximum absolute atomic E-state index is 5.80. The molecule has 0 aliphatic rings. The van der Waals surface area contributed by atoms with Gasteiger partial charge in [0.25, 0.3) is 0 Å². The van der Waals surface area contributed by atoms with Gasteiger partial charge < -0.3 is 4.74 Å². The Hall–Kier alpha value is -5.42. The first-order chi connectivity index (χ1) is 23.0. The number of methoxy groups -OCH3 is 1. The van der Waals surface area contributed by atoms with Gasteiger partial charge in [0.1, 0.15) is 17.4 Å². The van der Waals surface area contributed by atoms with Crippen molar-refractivity contribution in [3.8, 4) is 28.6 Å². The fraction of sp³-hybridized carbons (Fsp3) is 0.209. The summed E-state index contributed by atoms with van der Waals surface area (Å²) in [6, 6.07) is 39.0. The Morgan fingerprint density at radius 1 is 0.521 bits per heavy atom. The van der Waals surface area contributed by atoms with Crippen molar-refractivity contribution in [2.45, 2.75) is 52.4 Å². The lowest BCUT2D eigenvalue weighted by molar-refractivity contribution is 0.416. The number of nitrogens with zero attached hydrogens (tertiary/aromatic N) is 4. The van der Waals surface area contributed by atoms with E-state index in [-0.39, 0.29) is 10.8 Å². The molecule has 0 aliphatic carbocycles. The standard InChI is InChI=1S/C43H40N4O/c1-42(2,3)27-20-21-44-40(23-27)46-35-17-11-8-14-29(35)32-25-33-30-15-9-12-18-36(30)47(38(33)26-37(32)46)41-24-28(43(4,5)6)22-34(45-41)31-16-10-13-19-39(31)48-7/h8-26H,1-7H3. The quantitative estimate of drug-likeness (QED) is 0.195. The highest BCUT2D eigenvalue weighted by atomic mass is 16.5. The van der Waals surface area contributed by atoms with Crippen LogP contribution >= 0.6 is 0 Å². The van der Waals surface area contributed by atoms with Crippen LogP contribution in [0.1, 0.15) is 52.7 Å². The van der Waals surface area contributed by atoms with Gasteiger partial charge in [0, 0.05) is 33.3 Å². The molecule has 4 aromatic heterocycles. The monoisotopic (exact) mass is 628 g/mol. The fourth-order valence-electron chi connectivity index (χ4n) is 6.99. The second kappa shape index (κ2) is 10.8. The molecule has 0 bridgehead atoms. The molecule has 0 saturated heterocycles. The summed E-state index contributed by atoms with van der Waals surface area (Å²) in [4.78, 5) is 10.3. The molecule has 5 nitrogen and oxygen atoms in total. The van der Waals surface area contributed by atoms with Crippen LogP contribution in [0.4, 0.5) is 0 Å². The van der Waals surface area contributed by atoms with Gasteiger partial charge in [0.2, 0.25) is 0 Å². The molecule has 0 aliphatic heterocycles. The van der Waals surface area contributed by atoms with E-state index >= 15 is 0 Å². The Balaban J connectivity index is 1.49. The average Bonchev–Trinajstić information content (AvgIpc) is 3.58. The molecule has 0 atom stereocenters. The van der Waals surface area contributed by atoms with E-state index < -0.39 is 0 Å². The van der Waals surface area contributed by atoms with Gasteiger partial charge in [-0.3, -0.25) is 9.13 Å². The number of aromatic nitrogens is 4. The number of fused-ring (bicyclic) bond motifs is 6.